The fraction of sp³-hybridized carbons (Fsp3) is 0.538. The van der Waals surface area contributed by atoms with Crippen molar-refractivity contribution in [1.29, 1.82) is 0 Å². The highest BCUT2D eigenvalue weighted by atomic mass is 35.5. The van der Waals surface area contributed by atoms with Crippen LogP contribution in [0.5, 0.6) is 0 Å². The van der Waals surface area contributed by atoms with E-state index in [4.69, 9.17) is 37.6 Å². The van der Waals surface area contributed by atoms with E-state index in [2.05, 4.69) is 20.6 Å². The molecule has 37 heavy (non-hydrogen) atoms. The van der Waals surface area contributed by atoms with Crippen LogP contribution in [0, 0.1) is 5.41 Å². The number of hydrogen-bond acceptors (Lipinski definition) is 7. The first kappa shape index (κ1) is 24.7. The van der Waals surface area contributed by atoms with Crippen molar-refractivity contribution in [1.82, 2.24) is 19.9 Å². The molecule has 0 amide bonds. The molecule has 0 unspecified atom stereocenters. The van der Waals surface area contributed by atoms with Gasteiger partial charge in [0, 0.05) is 48.2 Å². The Morgan fingerprint density at radius 3 is 2.51 bits per heavy atom. The number of carbonyl (C=O) groups is 1. The molecule has 4 aliphatic rings. The lowest BCUT2D eigenvalue weighted by molar-refractivity contribution is -0.140. The Hall–Kier alpha value is -2.62. The lowest BCUT2D eigenvalue weighted by atomic mass is 9.58. The quantitative estimate of drug-likeness (QED) is 0.322. The van der Waals surface area contributed by atoms with Gasteiger partial charge in [0.25, 0.3) is 0 Å². The van der Waals surface area contributed by atoms with Crippen LogP contribution in [0.2, 0.25) is 10.0 Å². The first-order valence-electron chi connectivity index (χ1n) is 12.8. The van der Waals surface area contributed by atoms with E-state index < -0.39 is 5.97 Å². The van der Waals surface area contributed by atoms with Crippen molar-refractivity contribution in [2.45, 2.75) is 76.0 Å². The number of pyridine rings is 1. The Morgan fingerprint density at radius 1 is 1.16 bits per heavy atom. The average molecular weight is 546 g/mol. The Bertz CT molecular complexity index is 1270. The first-order chi connectivity index (χ1) is 17.9. The van der Waals surface area contributed by atoms with Gasteiger partial charge in [0.05, 0.1) is 22.3 Å². The van der Waals surface area contributed by atoms with Gasteiger partial charge in [-0.15, -0.1) is 0 Å². The van der Waals surface area contributed by atoms with E-state index in [0.29, 0.717) is 33.8 Å². The predicted molar refractivity (Wildman–Crippen MR) is 138 cm³/mol. The van der Waals surface area contributed by atoms with E-state index in [1.807, 2.05) is 6.07 Å². The maximum atomic E-state index is 10.9. The van der Waals surface area contributed by atoms with Gasteiger partial charge >= 0.3 is 5.97 Å². The van der Waals surface area contributed by atoms with E-state index in [0.717, 1.165) is 75.1 Å². The minimum absolute atomic E-state index is 0.136. The van der Waals surface area contributed by atoms with E-state index in [-0.39, 0.29) is 17.6 Å². The number of carboxylic acid groups (broad SMARTS) is 1. The van der Waals surface area contributed by atoms with Crippen molar-refractivity contribution >= 4 is 35.0 Å². The van der Waals surface area contributed by atoms with Crippen molar-refractivity contribution in [3.63, 3.8) is 0 Å². The highest BCUT2D eigenvalue weighted by Gasteiger charge is 2.49. The van der Waals surface area contributed by atoms with Gasteiger partial charge in [-0.1, -0.05) is 28.4 Å². The average Bonchev–Trinajstić information content (AvgIpc) is 3.50. The van der Waals surface area contributed by atoms with Gasteiger partial charge in [0.2, 0.25) is 0 Å². The summed E-state index contributed by atoms with van der Waals surface area (Å²) in [6, 6.07) is 1.83. The zero-order chi connectivity index (χ0) is 25.6. The van der Waals surface area contributed by atoms with Crippen molar-refractivity contribution in [2.75, 3.05) is 11.9 Å². The summed E-state index contributed by atoms with van der Waals surface area (Å²) in [5, 5.41) is 22.0. The molecular weight excluding hydrogens is 517 g/mol. The molecule has 196 valence electrons. The Balaban J connectivity index is 1.12. The summed E-state index contributed by atoms with van der Waals surface area (Å²) in [4.78, 5) is 15.0. The third kappa shape index (κ3) is 4.96. The molecule has 0 spiro atoms. The van der Waals surface area contributed by atoms with Crippen molar-refractivity contribution in [2.24, 2.45) is 5.41 Å². The number of rotatable bonds is 10. The lowest BCUT2D eigenvalue weighted by Gasteiger charge is -2.53. The van der Waals surface area contributed by atoms with E-state index in [1.165, 1.54) is 4.68 Å². The molecular formula is C26H29Cl2N5O4. The number of hydrogen-bond donors (Lipinski definition) is 2. The first-order valence-corrected chi connectivity index (χ1v) is 13.5. The SMILES string of the molecule is O=C(O)Cn1ccc(NCC23CCC(OCc4c(-c5c(Cl)cncc5Cl)noc4C4CC4)(CC2)CC3)n1. The highest BCUT2D eigenvalue weighted by molar-refractivity contribution is 6.38. The second kappa shape index (κ2) is 9.60. The largest absolute Gasteiger partial charge is 0.480 e. The summed E-state index contributed by atoms with van der Waals surface area (Å²) in [5.41, 5.74) is 2.32. The minimum atomic E-state index is -0.904. The number of nitrogens with one attached hydrogen (secondary N) is 1. The summed E-state index contributed by atoms with van der Waals surface area (Å²) in [7, 11) is 0. The summed E-state index contributed by atoms with van der Waals surface area (Å²) < 4.78 is 13.9. The third-order valence-electron chi connectivity index (χ3n) is 8.29. The number of halogens is 2. The fourth-order valence-corrected chi connectivity index (χ4v) is 6.40. The molecule has 0 aromatic carbocycles. The maximum Gasteiger partial charge on any atom is 0.325 e. The van der Waals surface area contributed by atoms with Crippen LogP contribution in [0.3, 0.4) is 0 Å². The number of anilines is 1. The summed E-state index contributed by atoms with van der Waals surface area (Å²) in [6.45, 7) is 1.11. The fourth-order valence-electron chi connectivity index (χ4n) is 5.86. The smallest absolute Gasteiger partial charge is 0.325 e. The Morgan fingerprint density at radius 2 is 1.86 bits per heavy atom. The molecule has 3 aromatic rings. The summed E-state index contributed by atoms with van der Waals surface area (Å²) >= 11 is 12.9. The van der Waals surface area contributed by atoms with Crippen LogP contribution in [0.1, 0.15) is 68.6 Å². The molecule has 11 heteroatoms. The second-order valence-corrected chi connectivity index (χ2v) is 11.6. The predicted octanol–water partition coefficient (Wildman–Crippen LogP) is 5.92. The minimum Gasteiger partial charge on any atom is -0.480 e. The van der Waals surface area contributed by atoms with E-state index in [1.54, 1.807) is 18.6 Å². The van der Waals surface area contributed by atoms with Gasteiger partial charge in [-0.2, -0.15) is 5.10 Å². The highest BCUT2D eigenvalue weighted by Crippen LogP contribution is 2.54. The second-order valence-electron chi connectivity index (χ2n) is 10.7. The van der Waals surface area contributed by atoms with Crippen LogP contribution in [-0.2, 0) is 22.7 Å². The van der Waals surface area contributed by atoms with Gasteiger partial charge in [-0.25, -0.2) is 0 Å². The van der Waals surface area contributed by atoms with Crippen LogP contribution >= 0.6 is 23.2 Å². The normalized spacial score (nSPS) is 24.9. The van der Waals surface area contributed by atoms with Crippen molar-refractivity contribution < 1.29 is 19.2 Å². The number of aromatic nitrogens is 4. The molecule has 2 N–H and O–H groups in total. The van der Waals surface area contributed by atoms with E-state index in [9.17, 15) is 4.79 Å². The number of fused-ring (bicyclic) bond motifs is 3. The summed E-state index contributed by atoms with van der Waals surface area (Å²) in [5.74, 6) is 1.09. The molecule has 4 aliphatic carbocycles. The molecule has 7 rings (SSSR count). The topological polar surface area (TPSA) is 115 Å². The molecule has 9 nitrogen and oxygen atoms in total. The number of nitrogens with zero attached hydrogens (tertiary/aromatic N) is 4. The van der Waals surface area contributed by atoms with Crippen LogP contribution in [-0.4, -0.2) is 43.1 Å². The van der Waals surface area contributed by atoms with Crippen molar-refractivity contribution in [3.05, 3.63) is 46.0 Å². The number of carboxylic acids is 1. The molecule has 0 aliphatic heterocycles. The van der Waals surface area contributed by atoms with Gasteiger partial charge in [-0.3, -0.25) is 14.5 Å². The van der Waals surface area contributed by atoms with Crippen molar-refractivity contribution in [3.8, 4) is 11.3 Å². The molecule has 3 aromatic heterocycles. The number of ether oxygens (including phenoxy) is 1. The Kier molecular flexibility index (Phi) is 6.41. The van der Waals surface area contributed by atoms with Gasteiger partial charge in [-0.05, 0) is 56.8 Å². The van der Waals surface area contributed by atoms with Crippen LogP contribution in [0.4, 0.5) is 5.82 Å². The molecule has 4 fully saturated rings. The zero-order valence-electron chi connectivity index (χ0n) is 20.4. The molecule has 4 saturated carbocycles. The van der Waals surface area contributed by atoms with Crippen LogP contribution in [0.25, 0.3) is 11.3 Å². The monoisotopic (exact) mass is 545 g/mol. The zero-order valence-corrected chi connectivity index (χ0v) is 21.9. The van der Waals surface area contributed by atoms with Crippen LogP contribution in [0.15, 0.2) is 29.2 Å². The lowest BCUT2D eigenvalue weighted by Crippen LogP contribution is -2.50. The van der Waals surface area contributed by atoms with E-state index >= 15 is 0 Å². The van der Waals surface area contributed by atoms with Gasteiger partial charge in [0.15, 0.2) is 0 Å². The van der Waals surface area contributed by atoms with Gasteiger partial charge < -0.3 is 19.7 Å². The maximum absolute atomic E-state index is 10.9. The molecule has 0 radical (unpaired) electrons. The Labute approximate surface area is 224 Å². The molecule has 3 heterocycles. The third-order valence-corrected chi connectivity index (χ3v) is 8.87. The molecule has 2 bridgehead atoms. The van der Waals surface area contributed by atoms with Gasteiger partial charge in [0.1, 0.15) is 23.8 Å². The molecule has 0 atom stereocenters. The number of aliphatic carboxylic acids is 1. The molecule has 0 saturated heterocycles. The standard InChI is InChI=1S/C26H29Cl2N5O4/c27-18-11-29-12-19(28)22(18)23-17(24(37-32-23)16-1-2-16)14-36-26-7-4-25(5-8-26,6-9-26)15-30-20-3-10-33(31-20)13-21(34)35/h3,10-12,16H,1-2,4-9,13-15H2,(H,30,31)(H,34,35). The summed E-state index contributed by atoms with van der Waals surface area (Å²) in [6.07, 6.45) is 13.2. The van der Waals surface area contributed by atoms with Crippen LogP contribution < -0.4 is 5.32 Å².